The molecule has 0 radical (unpaired) electrons. The third-order valence-electron chi connectivity index (χ3n) is 3.09. The first-order valence-electron chi connectivity index (χ1n) is 6.37. The van der Waals surface area contributed by atoms with Crippen molar-refractivity contribution in [3.63, 3.8) is 0 Å². The van der Waals surface area contributed by atoms with Crippen molar-refractivity contribution < 1.29 is 0 Å². The number of aromatic nitrogens is 3. The van der Waals surface area contributed by atoms with Gasteiger partial charge in [0.15, 0.2) is 0 Å². The van der Waals surface area contributed by atoms with Gasteiger partial charge in [0.05, 0.1) is 23.6 Å². The van der Waals surface area contributed by atoms with Gasteiger partial charge in [-0.3, -0.25) is 0 Å². The molecule has 0 saturated carbocycles. The number of hydrogen-bond acceptors (Lipinski definition) is 3. The van der Waals surface area contributed by atoms with Crippen LogP contribution in [0.1, 0.15) is 42.6 Å². The number of hydrogen-bond donors (Lipinski definition) is 1. The van der Waals surface area contributed by atoms with Crippen molar-refractivity contribution in [2.75, 3.05) is 0 Å². The zero-order chi connectivity index (χ0) is 13.1. The Bertz CT molecular complexity index is 530. The molecule has 18 heavy (non-hydrogen) atoms. The highest BCUT2D eigenvalue weighted by atomic mass is 15.4. The molecule has 0 bridgehead atoms. The lowest BCUT2D eigenvalue weighted by atomic mass is 10.1. The van der Waals surface area contributed by atoms with E-state index in [1.54, 1.807) is 4.68 Å². The molecule has 96 valence electrons. The summed E-state index contributed by atoms with van der Waals surface area (Å²) < 4.78 is 1.81. The van der Waals surface area contributed by atoms with Crippen molar-refractivity contribution in [3.8, 4) is 5.69 Å². The van der Waals surface area contributed by atoms with Crippen LogP contribution in [0, 0.1) is 13.8 Å². The molecular formula is C14H20N4. The van der Waals surface area contributed by atoms with E-state index in [9.17, 15) is 0 Å². The summed E-state index contributed by atoms with van der Waals surface area (Å²) in [7, 11) is 0. The Morgan fingerprint density at radius 1 is 1.33 bits per heavy atom. The first kappa shape index (κ1) is 12.8. The number of aryl methyl sites for hydroxylation is 2. The van der Waals surface area contributed by atoms with E-state index in [0.29, 0.717) is 0 Å². The minimum Gasteiger partial charge on any atom is -0.323 e. The van der Waals surface area contributed by atoms with Crippen LogP contribution < -0.4 is 5.73 Å². The van der Waals surface area contributed by atoms with E-state index in [-0.39, 0.29) is 6.04 Å². The second-order valence-electron chi connectivity index (χ2n) is 4.77. The first-order valence-corrected chi connectivity index (χ1v) is 6.37. The molecule has 2 N–H and O–H groups in total. The van der Waals surface area contributed by atoms with E-state index in [1.165, 1.54) is 11.1 Å². The van der Waals surface area contributed by atoms with E-state index < -0.39 is 0 Å². The largest absolute Gasteiger partial charge is 0.323 e. The summed E-state index contributed by atoms with van der Waals surface area (Å²) in [4.78, 5) is 0. The molecule has 0 spiro atoms. The number of benzene rings is 1. The molecule has 0 aliphatic heterocycles. The Hall–Kier alpha value is -1.68. The van der Waals surface area contributed by atoms with Crippen LogP contribution in [0.25, 0.3) is 5.69 Å². The molecule has 4 nitrogen and oxygen atoms in total. The standard InChI is InChI=1S/C14H20N4/c1-4-5-12(15)13-9-18(17-16-13)14-7-6-10(2)8-11(14)3/h6-9,12H,4-5,15H2,1-3H3. The van der Waals surface area contributed by atoms with Gasteiger partial charge in [-0.15, -0.1) is 5.10 Å². The molecule has 0 fully saturated rings. The maximum atomic E-state index is 6.04. The quantitative estimate of drug-likeness (QED) is 0.899. The lowest BCUT2D eigenvalue weighted by Gasteiger charge is -2.06. The van der Waals surface area contributed by atoms with Gasteiger partial charge < -0.3 is 5.73 Å². The minimum atomic E-state index is -0.0190. The predicted molar refractivity (Wildman–Crippen MR) is 72.7 cm³/mol. The highest BCUT2D eigenvalue weighted by Gasteiger charge is 2.11. The van der Waals surface area contributed by atoms with Crippen molar-refractivity contribution in [2.45, 2.75) is 39.7 Å². The highest BCUT2D eigenvalue weighted by Crippen LogP contribution is 2.17. The van der Waals surface area contributed by atoms with Crippen LogP contribution in [0.2, 0.25) is 0 Å². The summed E-state index contributed by atoms with van der Waals surface area (Å²) in [6.07, 6.45) is 3.92. The van der Waals surface area contributed by atoms with Gasteiger partial charge in [0.1, 0.15) is 0 Å². The molecular weight excluding hydrogens is 224 g/mol. The molecule has 2 rings (SSSR count). The Morgan fingerprint density at radius 3 is 2.78 bits per heavy atom. The molecule has 0 aliphatic carbocycles. The average Bonchev–Trinajstić information content (AvgIpc) is 2.78. The second kappa shape index (κ2) is 5.31. The molecule has 1 aromatic carbocycles. The van der Waals surface area contributed by atoms with Gasteiger partial charge in [-0.05, 0) is 31.9 Å². The van der Waals surface area contributed by atoms with Gasteiger partial charge in [0.25, 0.3) is 0 Å². The minimum absolute atomic E-state index is 0.0190. The van der Waals surface area contributed by atoms with Crippen LogP contribution in [-0.4, -0.2) is 15.0 Å². The Balaban J connectivity index is 2.29. The normalized spacial score (nSPS) is 12.7. The van der Waals surface area contributed by atoms with Gasteiger partial charge in [0.2, 0.25) is 0 Å². The van der Waals surface area contributed by atoms with E-state index >= 15 is 0 Å². The molecule has 1 aromatic heterocycles. The van der Waals surface area contributed by atoms with Crippen molar-refractivity contribution >= 4 is 0 Å². The zero-order valence-electron chi connectivity index (χ0n) is 11.2. The fourth-order valence-corrected chi connectivity index (χ4v) is 2.09. The lowest BCUT2D eigenvalue weighted by Crippen LogP contribution is -2.10. The van der Waals surface area contributed by atoms with Crippen molar-refractivity contribution in [2.24, 2.45) is 5.73 Å². The van der Waals surface area contributed by atoms with E-state index in [4.69, 9.17) is 5.73 Å². The predicted octanol–water partition coefficient (Wildman–Crippen LogP) is 2.68. The third-order valence-corrected chi connectivity index (χ3v) is 3.09. The fraction of sp³-hybridized carbons (Fsp3) is 0.429. The van der Waals surface area contributed by atoms with Crippen molar-refractivity contribution in [1.82, 2.24) is 15.0 Å². The molecule has 1 atom stereocenters. The Labute approximate surface area is 108 Å². The summed E-state index contributed by atoms with van der Waals surface area (Å²) in [5.41, 5.74) is 10.4. The van der Waals surface area contributed by atoms with Crippen LogP contribution >= 0.6 is 0 Å². The van der Waals surface area contributed by atoms with Crippen LogP contribution in [0.15, 0.2) is 24.4 Å². The van der Waals surface area contributed by atoms with Gasteiger partial charge in [0, 0.05) is 0 Å². The molecule has 1 heterocycles. The third kappa shape index (κ3) is 2.59. The Kier molecular flexibility index (Phi) is 3.77. The number of nitrogens with two attached hydrogens (primary N) is 1. The fourth-order valence-electron chi connectivity index (χ4n) is 2.09. The van der Waals surface area contributed by atoms with Crippen molar-refractivity contribution in [1.29, 1.82) is 0 Å². The molecule has 1 unspecified atom stereocenters. The highest BCUT2D eigenvalue weighted by molar-refractivity contribution is 5.41. The summed E-state index contributed by atoms with van der Waals surface area (Å²) in [5, 5.41) is 8.33. The summed E-state index contributed by atoms with van der Waals surface area (Å²) >= 11 is 0. The SMILES string of the molecule is CCCC(N)c1cn(-c2ccc(C)cc2C)nn1. The zero-order valence-corrected chi connectivity index (χ0v) is 11.2. The first-order chi connectivity index (χ1) is 8.61. The maximum Gasteiger partial charge on any atom is 0.0998 e. The molecule has 0 amide bonds. The molecule has 0 aliphatic rings. The van der Waals surface area contributed by atoms with Crippen LogP contribution in [0.5, 0.6) is 0 Å². The monoisotopic (exact) mass is 244 g/mol. The topological polar surface area (TPSA) is 56.7 Å². The lowest BCUT2D eigenvalue weighted by molar-refractivity contribution is 0.619. The van der Waals surface area contributed by atoms with Crippen LogP contribution in [-0.2, 0) is 0 Å². The summed E-state index contributed by atoms with van der Waals surface area (Å²) in [6.45, 7) is 6.28. The second-order valence-corrected chi connectivity index (χ2v) is 4.77. The summed E-state index contributed by atoms with van der Waals surface area (Å²) in [6, 6.07) is 6.27. The molecule has 2 aromatic rings. The van der Waals surface area contributed by atoms with Crippen molar-refractivity contribution in [3.05, 3.63) is 41.2 Å². The average molecular weight is 244 g/mol. The summed E-state index contributed by atoms with van der Waals surface area (Å²) in [5.74, 6) is 0. The maximum absolute atomic E-state index is 6.04. The number of rotatable bonds is 4. The van der Waals surface area contributed by atoms with E-state index in [0.717, 1.165) is 24.2 Å². The van der Waals surface area contributed by atoms with Gasteiger partial charge in [-0.25, -0.2) is 4.68 Å². The van der Waals surface area contributed by atoms with Gasteiger partial charge >= 0.3 is 0 Å². The smallest absolute Gasteiger partial charge is 0.0998 e. The van der Waals surface area contributed by atoms with E-state index in [1.807, 2.05) is 6.20 Å². The van der Waals surface area contributed by atoms with Crippen LogP contribution in [0.3, 0.4) is 0 Å². The Morgan fingerprint density at radius 2 is 2.11 bits per heavy atom. The van der Waals surface area contributed by atoms with Gasteiger partial charge in [-0.1, -0.05) is 36.3 Å². The van der Waals surface area contributed by atoms with Crippen LogP contribution in [0.4, 0.5) is 0 Å². The molecule has 4 heteroatoms. The van der Waals surface area contributed by atoms with Gasteiger partial charge in [-0.2, -0.15) is 0 Å². The van der Waals surface area contributed by atoms with E-state index in [2.05, 4.69) is 49.3 Å². The molecule has 0 saturated heterocycles. The number of nitrogens with zero attached hydrogens (tertiary/aromatic N) is 3.